The molecule has 2 atom stereocenters. The second kappa shape index (κ2) is 5.91. The van der Waals surface area contributed by atoms with Crippen LogP contribution < -0.4 is 5.32 Å². The van der Waals surface area contributed by atoms with E-state index in [2.05, 4.69) is 5.32 Å². The summed E-state index contributed by atoms with van der Waals surface area (Å²) in [4.78, 5) is 13.1. The Labute approximate surface area is 112 Å². The zero-order valence-electron chi connectivity index (χ0n) is 11.2. The van der Waals surface area contributed by atoms with E-state index in [0.29, 0.717) is 18.8 Å². The Morgan fingerprint density at radius 1 is 1.47 bits per heavy atom. The van der Waals surface area contributed by atoms with Gasteiger partial charge in [-0.25, -0.2) is 9.18 Å². The van der Waals surface area contributed by atoms with Gasteiger partial charge in [0, 0.05) is 19.1 Å². The van der Waals surface area contributed by atoms with Gasteiger partial charge < -0.3 is 15.0 Å². The second-order valence-electron chi connectivity index (χ2n) is 4.91. The number of ether oxygens (including phenoxy) is 1. The molecule has 1 heterocycles. The fourth-order valence-corrected chi connectivity index (χ4v) is 2.43. The number of methoxy groups -OCH3 is 1. The minimum absolute atomic E-state index is 0.165. The van der Waals surface area contributed by atoms with Crippen molar-refractivity contribution >= 4 is 11.8 Å². The molecule has 1 aliphatic rings. The van der Waals surface area contributed by atoms with Gasteiger partial charge in [0.1, 0.15) is 5.82 Å². The first-order valence-corrected chi connectivity index (χ1v) is 6.45. The number of para-hydroxylation sites is 1. The number of carbonyl (C=O) groups is 1. The fourth-order valence-electron chi connectivity index (χ4n) is 2.43. The average Bonchev–Trinajstić information content (AvgIpc) is 2.42. The third-order valence-corrected chi connectivity index (χ3v) is 3.55. The van der Waals surface area contributed by atoms with Crippen molar-refractivity contribution in [3.05, 3.63) is 30.1 Å². The first kappa shape index (κ1) is 13.6. The van der Waals surface area contributed by atoms with E-state index in [0.717, 1.165) is 6.42 Å². The van der Waals surface area contributed by atoms with Crippen LogP contribution in [0.3, 0.4) is 0 Å². The highest BCUT2D eigenvalue weighted by Crippen LogP contribution is 2.23. The number of halogens is 1. The molecule has 2 unspecified atom stereocenters. The summed E-state index contributed by atoms with van der Waals surface area (Å²) in [7, 11) is 1.39. The zero-order chi connectivity index (χ0) is 13.8. The monoisotopic (exact) mass is 266 g/mol. The summed E-state index contributed by atoms with van der Waals surface area (Å²) in [6.07, 6.45) is 0.487. The van der Waals surface area contributed by atoms with Crippen LogP contribution in [0.5, 0.6) is 0 Å². The van der Waals surface area contributed by atoms with Crippen LogP contribution in [0.15, 0.2) is 24.3 Å². The number of nitrogens with one attached hydrogen (secondary N) is 1. The lowest BCUT2D eigenvalue weighted by atomic mass is 9.94. The fraction of sp³-hybridized carbons (Fsp3) is 0.500. The molecule has 0 spiro atoms. The SMILES string of the molecule is COC(=O)N1CCC(Nc2ccccc2F)C(C)C1. The summed E-state index contributed by atoms with van der Waals surface area (Å²) >= 11 is 0. The Morgan fingerprint density at radius 3 is 2.84 bits per heavy atom. The average molecular weight is 266 g/mol. The number of likely N-dealkylation sites (tertiary alicyclic amines) is 1. The normalized spacial score (nSPS) is 23.0. The maximum atomic E-state index is 13.6. The van der Waals surface area contributed by atoms with E-state index in [1.165, 1.54) is 13.2 Å². The number of anilines is 1. The van der Waals surface area contributed by atoms with Gasteiger partial charge in [-0.3, -0.25) is 0 Å². The van der Waals surface area contributed by atoms with Crippen LogP contribution in [0.1, 0.15) is 13.3 Å². The molecule has 5 heteroatoms. The molecule has 0 bridgehead atoms. The summed E-state index contributed by atoms with van der Waals surface area (Å²) in [5.41, 5.74) is 0.519. The quantitative estimate of drug-likeness (QED) is 0.895. The molecule has 104 valence electrons. The van der Waals surface area contributed by atoms with E-state index >= 15 is 0 Å². The second-order valence-corrected chi connectivity index (χ2v) is 4.91. The van der Waals surface area contributed by atoms with E-state index in [-0.39, 0.29) is 23.9 Å². The molecule has 0 aromatic heterocycles. The predicted molar refractivity (Wildman–Crippen MR) is 71.6 cm³/mol. The molecule has 19 heavy (non-hydrogen) atoms. The lowest BCUT2D eigenvalue weighted by Gasteiger charge is -2.36. The number of piperidine rings is 1. The predicted octanol–water partition coefficient (Wildman–Crippen LogP) is 2.71. The molecule has 1 fully saturated rings. The minimum atomic E-state index is -0.295. The first-order chi connectivity index (χ1) is 9.11. The molecule has 1 aromatic carbocycles. The highest BCUT2D eigenvalue weighted by atomic mass is 19.1. The van der Waals surface area contributed by atoms with Gasteiger partial charge in [-0.2, -0.15) is 0 Å². The number of carbonyl (C=O) groups excluding carboxylic acids is 1. The summed E-state index contributed by atoms with van der Waals surface area (Å²) in [6.45, 7) is 3.30. The van der Waals surface area contributed by atoms with Crippen molar-refractivity contribution in [2.24, 2.45) is 5.92 Å². The lowest BCUT2D eigenvalue weighted by molar-refractivity contribution is 0.101. The molecule has 0 saturated carbocycles. The van der Waals surface area contributed by atoms with Gasteiger partial charge >= 0.3 is 6.09 Å². The van der Waals surface area contributed by atoms with Gasteiger partial charge in [0.05, 0.1) is 12.8 Å². The molecule has 1 N–H and O–H groups in total. The largest absolute Gasteiger partial charge is 0.453 e. The van der Waals surface area contributed by atoms with E-state index in [1.54, 1.807) is 23.1 Å². The van der Waals surface area contributed by atoms with Crippen molar-refractivity contribution in [1.29, 1.82) is 0 Å². The van der Waals surface area contributed by atoms with Gasteiger partial charge in [0.2, 0.25) is 0 Å². The maximum absolute atomic E-state index is 13.6. The summed E-state index contributed by atoms with van der Waals surface area (Å²) in [5.74, 6) is -0.00227. The molecule has 1 amide bonds. The van der Waals surface area contributed by atoms with Crippen molar-refractivity contribution in [1.82, 2.24) is 4.90 Å². The third-order valence-electron chi connectivity index (χ3n) is 3.55. The van der Waals surface area contributed by atoms with Gasteiger partial charge in [0.15, 0.2) is 0 Å². The highest BCUT2D eigenvalue weighted by Gasteiger charge is 2.29. The zero-order valence-corrected chi connectivity index (χ0v) is 11.2. The number of amides is 1. The molecule has 2 rings (SSSR count). The number of rotatable bonds is 2. The Bertz CT molecular complexity index is 453. The molecule has 1 aromatic rings. The van der Waals surface area contributed by atoms with Crippen molar-refractivity contribution in [3.8, 4) is 0 Å². The van der Waals surface area contributed by atoms with Crippen LogP contribution in [-0.2, 0) is 4.74 Å². The van der Waals surface area contributed by atoms with Crippen molar-refractivity contribution in [3.63, 3.8) is 0 Å². The summed E-state index contributed by atoms with van der Waals surface area (Å²) in [6, 6.07) is 6.81. The van der Waals surface area contributed by atoms with E-state index < -0.39 is 0 Å². The van der Waals surface area contributed by atoms with E-state index in [1.807, 2.05) is 6.92 Å². The van der Waals surface area contributed by atoms with E-state index in [9.17, 15) is 9.18 Å². The molecular weight excluding hydrogens is 247 g/mol. The van der Waals surface area contributed by atoms with Crippen LogP contribution in [-0.4, -0.2) is 37.2 Å². The standard InChI is InChI=1S/C14H19FN2O2/c1-10-9-17(14(18)19-2)8-7-12(10)16-13-6-4-3-5-11(13)15/h3-6,10,12,16H,7-9H2,1-2H3. The Hall–Kier alpha value is -1.78. The van der Waals surface area contributed by atoms with Crippen molar-refractivity contribution in [2.75, 3.05) is 25.5 Å². The Morgan fingerprint density at radius 2 is 2.21 bits per heavy atom. The topological polar surface area (TPSA) is 41.6 Å². The van der Waals surface area contributed by atoms with Crippen LogP contribution in [0.25, 0.3) is 0 Å². The smallest absolute Gasteiger partial charge is 0.409 e. The number of hydrogen-bond donors (Lipinski definition) is 1. The number of hydrogen-bond acceptors (Lipinski definition) is 3. The van der Waals surface area contributed by atoms with Crippen LogP contribution in [0.4, 0.5) is 14.9 Å². The van der Waals surface area contributed by atoms with Gasteiger partial charge in [-0.05, 0) is 24.5 Å². The van der Waals surface area contributed by atoms with Crippen LogP contribution in [0, 0.1) is 11.7 Å². The third kappa shape index (κ3) is 3.16. The van der Waals surface area contributed by atoms with Gasteiger partial charge in [-0.1, -0.05) is 19.1 Å². The maximum Gasteiger partial charge on any atom is 0.409 e. The Balaban J connectivity index is 1.97. The minimum Gasteiger partial charge on any atom is -0.453 e. The van der Waals surface area contributed by atoms with Crippen LogP contribution >= 0.6 is 0 Å². The van der Waals surface area contributed by atoms with Crippen LogP contribution in [0.2, 0.25) is 0 Å². The first-order valence-electron chi connectivity index (χ1n) is 6.45. The van der Waals surface area contributed by atoms with E-state index in [4.69, 9.17) is 4.74 Å². The lowest BCUT2D eigenvalue weighted by Crippen LogP contribution is -2.47. The number of nitrogens with zero attached hydrogens (tertiary/aromatic N) is 1. The number of benzene rings is 1. The highest BCUT2D eigenvalue weighted by molar-refractivity contribution is 5.67. The van der Waals surface area contributed by atoms with Gasteiger partial charge in [0.25, 0.3) is 0 Å². The van der Waals surface area contributed by atoms with Crippen molar-refractivity contribution < 1.29 is 13.9 Å². The molecule has 0 radical (unpaired) electrons. The van der Waals surface area contributed by atoms with Gasteiger partial charge in [-0.15, -0.1) is 0 Å². The summed E-state index contributed by atoms with van der Waals surface area (Å²) in [5, 5.41) is 3.22. The van der Waals surface area contributed by atoms with Crippen molar-refractivity contribution in [2.45, 2.75) is 19.4 Å². The molecule has 4 nitrogen and oxygen atoms in total. The molecular formula is C14H19FN2O2. The molecule has 0 aliphatic carbocycles. The molecule has 1 aliphatic heterocycles. The molecule has 1 saturated heterocycles. The summed E-state index contributed by atoms with van der Waals surface area (Å²) < 4.78 is 18.3. The Kier molecular flexibility index (Phi) is 4.24.